The van der Waals surface area contributed by atoms with E-state index in [2.05, 4.69) is 36.4 Å². The molecule has 0 aliphatic carbocycles. The summed E-state index contributed by atoms with van der Waals surface area (Å²) in [6.45, 7) is 9.84. The van der Waals surface area contributed by atoms with Gasteiger partial charge >= 0.3 is 0 Å². The summed E-state index contributed by atoms with van der Waals surface area (Å²) in [6.07, 6.45) is 5.73. The lowest BCUT2D eigenvalue weighted by atomic mass is 9.78. The molecule has 2 aromatic rings. The van der Waals surface area contributed by atoms with E-state index in [4.69, 9.17) is 19.9 Å². The second-order valence-electron chi connectivity index (χ2n) is 10.3. The monoisotopic (exact) mass is 493 g/mol. The number of carbonyl (C=O) groups is 1. The first kappa shape index (κ1) is 25.9. The van der Waals surface area contributed by atoms with E-state index in [1.165, 1.54) is 6.20 Å². The van der Waals surface area contributed by atoms with Crippen molar-refractivity contribution in [1.29, 1.82) is 0 Å². The number of fused-ring (bicyclic) bond motifs is 3. The topological polar surface area (TPSA) is 105 Å². The number of nitrogens with zero attached hydrogens (tertiary/aromatic N) is 2. The Kier molecular flexibility index (Phi) is 7.47. The van der Waals surface area contributed by atoms with Crippen molar-refractivity contribution in [3.8, 4) is 17.0 Å². The van der Waals surface area contributed by atoms with E-state index in [1.807, 2.05) is 13.0 Å². The van der Waals surface area contributed by atoms with Gasteiger partial charge in [-0.1, -0.05) is 20.8 Å². The van der Waals surface area contributed by atoms with Gasteiger partial charge in [0.25, 0.3) is 0 Å². The Morgan fingerprint density at radius 1 is 1.25 bits per heavy atom. The minimum absolute atomic E-state index is 0.0200. The number of Topliss-reactive ketones (excluding diaryl/α,β-unsaturated/α-hetero) is 1. The van der Waals surface area contributed by atoms with Gasteiger partial charge in [-0.15, -0.1) is 0 Å². The fourth-order valence-corrected chi connectivity index (χ4v) is 4.66. The zero-order valence-corrected chi connectivity index (χ0v) is 21.7. The van der Waals surface area contributed by atoms with E-state index < -0.39 is 0 Å². The van der Waals surface area contributed by atoms with E-state index in [0.717, 1.165) is 34.4 Å². The summed E-state index contributed by atoms with van der Waals surface area (Å²) in [4.78, 5) is 30.3. The first-order valence-corrected chi connectivity index (χ1v) is 12.3. The largest absolute Gasteiger partial charge is 0.496 e. The highest BCUT2D eigenvalue weighted by molar-refractivity contribution is 6.11. The number of hydrogen-bond donors (Lipinski definition) is 1. The maximum Gasteiger partial charge on any atom is 0.193 e. The van der Waals surface area contributed by atoms with Gasteiger partial charge in [0.2, 0.25) is 0 Å². The van der Waals surface area contributed by atoms with Gasteiger partial charge in [0.05, 0.1) is 37.6 Å². The summed E-state index contributed by atoms with van der Waals surface area (Å²) in [5.41, 5.74) is 10.0. The number of pyridine rings is 1. The third kappa shape index (κ3) is 5.01. The normalized spacial score (nSPS) is 18.0. The second kappa shape index (κ2) is 10.4. The van der Waals surface area contributed by atoms with Crippen LogP contribution in [0.2, 0.25) is 0 Å². The Bertz CT molecular complexity index is 1270. The highest BCUT2D eigenvalue weighted by atomic mass is 16.5. The van der Waals surface area contributed by atoms with Crippen LogP contribution in [0.5, 0.6) is 5.75 Å². The van der Waals surface area contributed by atoms with Gasteiger partial charge < -0.3 is 24.5 Å². The Hall–Kier alpha value is -3.23. The first-order chi connectivity index (χ1) is 17.2. The molecule has 3 heterocycles. The van der Waals surface area contributed by atoms with Crippen molar-refractivity contribution in [2.75, 3.05) is 33.5 Å². The molecule has 1 aromatic heterocycles. The molecule has 8 nitrogen and oxygen atoms in total. The quantitative estimate of drug-likeness (QED) is 0.445. The number of ketones is 1. The number of ether oxygens (including phenoxy) is 3. The third-order valence-corrected chi connectivity index (χ3v) is 6.80. The summed E-state index contributed by atoms with van der Waals surface area (Å²) in [7, 11) is 1.61. The fourth-order valence-electron chi connectivity index (χ4n) is 4.66. The number of methoxy groups -OCH3 is 1. The van der Waals surface area contributed by atoms with Crippen LogP contribution in [0, 0.1) is 5.41 Å². The lowest BCUT2D eigenvalue weighted by Crippen LogP contribution is -2.33. The standard InChI is InChI=1S/C28H35N3O5/c1-6-35-16-25(33)22-13-31-23(10-24(22)32)20-9-26(34-5)21(7-17(20)8-27(31)28(2,3)4)18(11-29)12-30-19-14-36-15-19/h7,9-13,19,27H,6,8,14-16,29H2,1-5H3. The number of benzene rings is 1. The number of nitrogens with two attached hydrogens (primary N) is 1. The van der Waals surface area contributed by atoms with E-state index in [9.17, 15) is 9.59 Å². The molecule has 2 aliphatic heterocycles. The molecule has 2 N–H and O–H groups in total. The lowest BCUT2D eigenvalue weighted by Gasteiger charge is -2.39. The number of rotatable bonds is 8. The molecule has 0 amide bonds. The fraction of sp³-hybridized carbons (Fsp3) is 0.464. The molecule has 1 fully saturated rings. The molecule has 1 saturated heterocycles. The first-order valence-electron chi connectivity index (χ1n) is 12.3. The molecule has 36 heavy (non-hydrogen) atoms. The van der Waals surface area contributed by atoms with Gasteiger partial charge in [-0.3, -0.25) is 14.6 Å². The Morgan fingerprint density at radius 2 is 2.00 bits per heavy atom. The number of carbonyl (C=O) groups excluding carboxylic acids is 1. The van der Waals surface area contributed by atoms with Crippen LogP contribution in [0.3, 0.4) is 0 Å². The maximum atomic E-state index is 13.0. The minimum atomic E-state index is -0.313. The smallest absolute Gasteiger partial charge is 0.193 e. The summed E-state index contributed by atoms with van der Waals surface area (Å²) in [6, 6.07) is 5.75. The van der Waals surface area contributed by atoms with Gasteiger partial charge in [-0.05, 0) is 36.5 Å². The Labute approximate surface area is 211 Å². The van der Waals surface area contributed by atoms with E-state index in [-0.39, 0.29) is 40.9 Å². The summed E-state index contributed by atoms with van der Waals surface area (Å²) in [5.74, 6) is 0.323. The molecule has 1 unspecified atom stereocenters. The Balaban J connectivity index is 1.85. The van der Waals surface area contributed by atoms with Crippen molar-refractivity contribution < 1.29 is 19.0 Å². The van der Waals surface area contributed by atoms with Gasteiger partial charge in [-0.25, -0.2) is 0 Å². The zero-order chi connectivity index (χ0) is 26.0. The SMILES string of the molecule is CCOCC(=O)c1cn2c(cc1=O)-c1cc(OC)c(C(C=NC3COC3)=CN)cc1CC2C(C)(C)C. The molecule has 192 valence electrons. The van der Waals surface area contributed by atoms with Crippen molar-refractivity contribution in [3.63, 3.8) is 0 Å². The molecule has 4 rings (SSSR count). The molecule has 0 spiro atoms. The summed E-state index contributed by atoms with van der Waals surface area (Å²) in [5, 5.41) is 0. The molecular formula is C28H35N3O5. The zero-order valence-electron chi connectivity index (χ0n) is 21.7. The predicted octanol–water partition coefficient (Wildman–Crippen LogP) is 3.66. The van der Waals surface area contributed by atoms with Gasteiger partial charge in [0.15, 0.2) is 11.2 Å². The van der Waals surface area contributed by atoms with Crippen molar-refractivity contribution in [2.45, 2.75) is 46.2 Å². The maximum absolute atomic E-state index is 13.0. The molecule has 2 aliphatic rings. The second-order valence-corrected chi connectivity index (χ2v) is 10.3. The summed E-state index contributed by atoms with van der Waals surface area (Å²) >= 11 is 0. The molecule has 1 aromatic carbocycles. The van der Waals surface area contributed by atoms with Crippen LogP contribution in [0.25, 0.3) is 16.8 Å². The van der Waals surface area contributed by atoms with Crippen molar-refractivity contribution in [1.82, 2.24) is 4.57 Å². The molecule has 0 radical (unpaired) electrons. The highest BCUT2D eigenvalue weighted by Crippen LogP contribution is 2.45. The van der Waals surface area contributed by atoms with Crippen LogP contribution in [0.1, 0.15) is 55.2 Å². The molecular weight excluding hydrogens is 458 g/mol. The van der Waals surface area contributed by atoms with Crippen molar-refractivity contribution in [2.24, 2.45) is 16.1 Å². The van der Waals surface area contributed by atoms with Crippen LogP contribution in [-0.2, 0) is 15.9 Å². The number of hydrogen-bond acceptors (Lipinski definition) is 7. The molecule has 8 heteroatoms. The lowest BCUT2D eigenvalue weighted by molar-refractivity contribution is 0.0136. The Morgan fingerprint density at radius 3 is 2.58 bits per heavy atom. The van der Waals surface area contributed by atoms with Gasteiger partial charge in [0, 0.05) is 54.0 Å². The number of allylic oxidation sites excluding steroid dienone is 1. The van der Waals surface area contributed by atoms with Crippen LogP contribution in [0.15, 0.2) is 40.4 Å². The molecule has 0 saturated carbocycles. The number of aromatic nitrogens is 1. The van der Waals surface area contributed by atoms with Crippen LogP contribution in [-0.4, -0.2) is 56.1 Å². The minimum Gasteiger partial charge on any atom is -0.496 e. The van der Waals surface area contributed by atoms with Gasteiger partial charge in [-0.2, -0.15) is 0 Å². The van der Waals surface area contributed by atoms with Crippen molar-refractivity contribution >= 4 is 17.6 Å². The van der Waals surface area contributed by atoms with Crippen LogP contribution < -0.4 is 15.9 Å². The van der Waals surface area contributed by atoms with Crippen LogP contribution >= 0.6 is 0 Å². The molecule has 0 bridgehead atoms. The average molecular weight is 494 g/mol. The van der Waals surface area contributed by atoms with Crippen LogP contribution in [0.4, 0.5) is 0 Å². The molecule has 1 atom stereocenters. The van der Waals surface area contributed by atoms with Gasteiger partial charge in [0.1, 0.15) is 12.4 Å². The average Bonchev–Trinajstić information content (AvgIpc) is 2.81. The number of aliphatic imine (C=N–C) groups is 1. The summed E-state index contributed by atoms with van der Waals surface area (Å²) < 4.78 is 18.3. The van der Waals surface area contributed by atoms with E-state index in [0.29, 0.717) is 25.6 Å². The third-order valence-electron chi connectivity index (χ3n) is 6.80. The van der Waals surface area contributed by atoms with E-state index >= 15 is 0 Å². The van der Waals surface area contributed by atoms with Crippen molar-refractivity contribution in [3.05, 3.63) is 57.5 Å². The van der Waals surface area contributed by atoms with E-state index in [1.54, 1.807) is 25.6 Å². The predicted molar refractivity (Wildman–Crippen MR) is 141 cm³/mol. The highest BCUT2D eigenvalue weighted by Gasteiger charge is 2.34.